The van der Waals surface area contributed by atoms with Crippen LogP contribution < -0.4 is 16.1 Å². The van der Waals surface area contributed by atoms with Gasteiger partial charge in [-0.3, -0.25) is 9.63 Å². The van der Waals surface area contributed by atoms with E-state index in [2.05, 4.69) is 16.1 Å². The van der Waals surface area contributed by atoms with Crippen LogP contribution in [-0.4, -0.2) is 18.0 Å². The van der Waals surface area contributed by atoms with Crippen LogP contribution in [-0.2, 0) is 16.2 Å². The van der Waals surface area contributed by atoms with Gasteiger partial charge in [0.05, 0.1) is 6.61 Å². The Kier molecular flexibility index (Phi) is 6.98. The highest BCUT2D eigenvalue weighted by atomic mass is 16.6. The monoisotopic (exact) mass is 341 g/mol. The average molecular weight is 341 g/mol. The summed E-state index contributed by atoms with van der Waals surface area (Å²) in [6.07, 6.45) is 0. The van der Waals surface area contributed by atoms with E-state index in [-0.39, 0.29) is 12.5 Å². The minimum Gasteiger partial charge on any atom is -0.326 e. The Bertz CT molecular complexity index is 675. The quantitative estimate of drug-likeness (QED) is 0.677. The summed E-state index contributed by atoms with van der Waals surface area (Å²) in [5.41, 5.74) is 4.00. The van der Waals surface area contributed by atoms with Crippen molar-refractivity contribution in [2.75, 3.05) is 5.32 Å². The van der Waals surface area contributed by atoms with Gasteiger partial charge < -0.3 is 10.6 Å². The van der Waals surface area contributed by atoms with Crippen molar-refractivity contribution in [1.29, 1.82) is 0 Å². The smallest absolute Gasteiger partial charge is 0.319 e. The lowest BCUT2D eigenvalue weighted by Crippen LogP contribution is -2.50. The zero-order chi connectivity index (χ0) is 18.1. The van der Waals surface area contributed by atoms with Gasteiger partial charge in [-0.05, 0) is 23.6 Å². The molecule has 0 aliphatic carbocycles. The molecule has 6 nitrogen and oxygen atoms in total. The molecule has 25 heavy (non-hydrogen) atoms. The number of rotatable bonds is 7. The van der Waals surface area contributed by atoms with Crippen molar-refractivity contribution in [1.82, 2.24) is 10.8 Å². The highest BCUT2D eigenvalue weighted by Crippen LogP contribution is 2.07. The third-order valence-corrected chi connectivity index (χ3v) is 3.52. The van der Waals surface area contributed by atoms with Crippen molar-refractivity contribution in [3.8, 4) is 0 Å². The van der Waals surface area contributed by atoms with Crippen LogP contribution in [0.15, 0.2) is 60.7 Å². The molecule has 0 aromatic heterocycles. The van der Waals surface area contributed by atoms with E-state index in [9.17, 15) is 9.59 Å². The summed E-state index contributed by atoms with van der Waals surface area (Å²) in [6, 6.07) is 17.4. The predicted molar refractivity (Wildman–Crippen MR) is 96.6 cm³/mol. The molecule has 0 spiro atoms. The third-order valence-electron chi connectivity index (χ3n) is 3.52. The van der Waals surface area contributed by atoms with Crippen LogP contribution in [0.3, 0.4) is 0 Å². The first-order chi connectivity index (χ1) is 12.1. The van der Waals surface area contributed by atoms with Crippen molar-refractivity contribution >= 4 is 17.6 Å². The lowest BCUT2D eigenvalue weighted by Gasteiger charge is -2.21. The van der Waals surface area contributed by atoms with Crippen LogP contribution in [0.4, 0.5) is 10.5 Å². The largest absolute Gasteiger partial charge is 0.326 e. The van der Waals surface area contributed by atoms with Crippen molar-refractivity contribution < 1.29 is 14.4 Å². The Morgan fingerprint density at radius 2 is 1.56 bits per heavy atom. The second-order valence-electron chi connectivity index (χ2n) is 5.93. The molecule has 3 N–H and O–H groups in total. The predicted octanol–water partition coefficient (Wildman–Crippen LogP) is 3.08. The van der Waals surface area contributed by atoms with Gasteiger partial charge >= 0.3 is 6.03 Å². The summed E-state index contributed by atoms with van der Waals surface area (Å²) in [5, 5.41) is 5.36. The van der Waals surface area contributed by atoms with E-state index in [0.29, 0.717) is 5.69 Å². The Balaban J connectivity index is 1.84. The molecule has 1 atom stereocenters. The maximum atomic E-state index is 12.3. The van der Waals surface area contributed by atoms with Crippen LogP contribution in [0.25, 0.3) is 0 Å². The molecule has 2 rings (SSSR count). The lowest BCUT2D eigenvalue weighted by atomic mass is 10.0. The van der Waals surface area contributed by atoms with Gasteiger partial charge in [0.2, 0.25) is 0 Å². The van der Waals surface area contributed by atoms with Gasteiger partial charge in [0, 0.05) is 5.69 Å². The topological polar surface area (TPSA) is 79.5 Å². The summed E-state index contributed by atoms with van der Waals surface area (Å²) >= 11 is 0. The summed E-state index contributed by atoms with van der Waals surface area (Å²) < 4.78 is 0. The fraction of sp³-hybridized carbons (Fsp3) is 0.263. The molecule has 2 aromatic rings. The first-order valence-electron chi connectivity index (χ1n) is 8.14. The molecule has 0 heterocycles. The number of amides is 3. The molecular formula is C19H23N3O3. The Labute approximate surface area is 147 Å². The average Bonchev–Trinajstić information content (AvgIpc) is 2.61. The molecule has 1 unspecified atom stereocenters. The van der Waals surface area contributed by atoms with Gasteiger partial charge in [-0.15, -0.1) is 0 Å². The van der Waals surface area contributed by atoms with Gasteiger partial charge in [0.25, 0.3) is 5.91 Å². The van der Waals surface area contributed by atoms with Crippen molar-refractivity contribution in [2.24, 2.45) is 5.92 Å². The number of hydroxylamine groups is 1. The fourth-order valence-electron chi connectivity index (χ4n) is 2.19. The number of anilines is 1. The molecule has 0 saturated carbocycles. The third kappa shape index (κ3) is 6.27. The van der Waals surface area contributed by atoms with Gasteiger partial charge in [-0.1, -0.05) is 62.4 Å². The minimum atomic E-state index is -0.709. The van der Waals surface area contributed by atoms with Gasteiger partial charge in [0.15, 0.2) is 0 Å². The molecule has 0 saturated heterocycles. The number of carbonyl (C=O) groups excluding carboxylic acids is 2. The number of urea groups is 1. The van der Waals surface area contributed by atoms with Gasteiger partial charge in [-0.2, -0.15) is 0 Å². The Hall–Kier alpha value is -2.86. The number of hydrogen-bond donors (Lipinski definition) is 3. The van der Waals surface area contributed by atoms with E-state index < -0.39 is 18.0 Å². The molecule has 0 fully saturated rings. The minimum absolute atomic E-state index is 0.0955. The molecule has 0 bridgehead atoms. The standard InChI is InChI=1S/C19H23N3O3/c1-14(2)17(21-19(24)20-16-11-7-4-8-12-16)18(23)22-25-13-15-9-5-3-6-10-15/h3-12,14,17H,13H2,1-2H3,(H,22,23)(H2,20,21,24). The van der Waals surface area contributed by atoms with E-state index in [4.69, 9.17) is 4.84 Å². The van der Waals surface area contributed by atoms with Crippen LogP contribution in [0.5, 0.6) is 0 Å². The van der Waals surface area contributed by atoms with Crippen LogP contribution in [0.2, 0.25) is 0 Å². The molecule has 0 aliphatic rings. The second-order valence-corrected chi connectivity index (χ2v) is 5.93. The van der Waals surface area contributed by atoms with E-state index >= 15 is 0 Å². The first kappa shape index (κ1) is 18.5. The maximum absolute atomic E-state index is 12.3. The highest BCUT2D eigenvalue weighted by Gasteiger charge is 2.24. The number of carbonyl (C=O) groups is 2. The molecule has 3 amide bonds. The molecule has 0 aliphatic heterocycles. The van der Waals surface area contributed by atoms with Gasteiger partial charge in [0.1, 0.15) is 6.04 Å². The highest BCUT2D eigenvalue weighted by molar-refractivity contribution is 5.93. The first-order valence-corrected chi connectivity index (χ1v) is 8.14. The van der Waals surface area contributed by atoms with Crippen molar-refractivity contribution in [3.63, 3.8) is 0 Å². The number of hydrogen-bond acceptors (Lipinski definition) is 3. The summed E-state index contributed by atoms with van der Waals surface area (Å²) in [4.78, 5) is 29.6. The van der Waals surface area contributed by atoms with Gasteiger partial charge in [-0.25, -0.2) is 10.3 Å². The fourth-order valence-corrected chi connectivity index (χ4v) is 2.19. The summed E-state index contributed by atoms with van der Waals surface area (Å²) in [7, 11) is 0. The SMILES string of the molecule is CC(C)C(NC(=O)Nc1ccccc1)C(=O)NOCc1ccccc1. The van der Waals surface area contributed by atoms with Crippen LogP contribution in [0.1, 0.15) is 19.4 Å². The summed E-state index contributed by atoms with van der Waals surface area (Å²) in [5.74, 6) is -0.490. The summed E-state index contributed by atoms with van der Waals surface area (Å²) in [6.45, 7) is 3.96. The Morgan fingerprint density at radius 3 is 2.16 bits per heavy atom. The number of para-hydroxylation sites is 1. The molecule has 0 radical (unpaired) electrons. The van der Waals surface area contributed by atoms with E-state index in [0.717, 1.165) is 5.56 Å². The van der Waals surface area contributed by atoms with E-state index in [1.807, 2.05) is 62.4 Å². The molecular weight excluding hydrogens is 318 g/mol. The van der Waals surface area contributed by atoms with Crippen LogP contribution in [0, 0.1) is 5.92 Å². The van der Waals surface area contributed by atoms with Crippen molar-refractivity contribution in [3.05, 3.63) is 66.2 Å². The number of benzene rings is 2. The molecule has 6 heteroatoms. The lowest BCUT2D eigenvalue weighted by molar-refractivity contribution is -0.137. The normalized spacial score (nSPS) is 11.6. The zero-order valence-corrected chi connectivity index (χ0v) is 14.4. The molecule has 132 valence electrons. The zero-order valence-electron chi connectivity index (χ0n) is 14.4. The Morgan fingerprint density at radius 1 is 0.960 bits per heavy atom. The molecule has 2 aromatic carbocycles. The van der Waals surface area contributed by atoms with E-state index in [1.165, 1.54) is 0 Å². The maximum Gasteiger partial charge on any atom is 0.319 e. The second kappa shape index (κ2) is 9.44. The van der Waals surface area contributed by atoms with E-state index in [1.54, 1.807) is 12.1 Å². The van der Waals surface area contributed by atoms with Crippen molar-refractivity contribution in [2.45, 2.75) is 26.5 Å². The van der Waals surface area contributed by atoms with Crippen LogP contribution >= 0.6 is 0 Å². The number of nitrogens with one attached hydrogen (secondary N) is 3.